The van der Waals surface area contributed by atoms with Crippen LogP contribution < -0.4 is 0 Å². The highest BCUT2D eigenvalue weighted by Crippen LogP contribution is 2.49. The predicted octanol–water partition coefficient (Wildman–Crippen LogP) is 5.26. The van der Waals surface area contributed by atoms with Crippen molar-refractivity contribution in [1.29, 1.82) is 0 Å². The van der Waals surface area contributed by atoms with E-state index >= 15 is 0 Å². The van der Waals surface area contributed by atoms with Crippen molar-refractivity contribution in [2.75, 3.05) is 0 Å². The van der Waals surface area contributed by atoms with E-state index in [4.69, 9.17) is 9.15 Å². The number of esters is 1. The maximum atomic E-state index is 12.4. The molecule has 24 heavy (non-hydrogen) atoms. The van der Waals surface area contributed by atoms with Crippen molar-refractivity contribution in [2.24, 2.45) is 0 Å². The summed E-state index contributed by atoms with van der Waals surface area (Å²) >= 11 is 0. The zero-order valence-electron chi connectivity index (χ0n) is 14.6. The number of aryl methyl sites for hydroxylation is 1. The van der Waals surface area contributed by atoms with E-state index in [-0.39, 0.29) is 5.97 Å². The lowest BCUT2D eigenvalue weighted by atomic mass is 9.80. The van der Waals surface area contributed by atoms with Gasteiger partial charge in [0.2, 0.25) is 0 Å². The number of ether oxygens (including phenoxy) is 1. The number of rotatable bonds is 6. The smallest absolute Gasteiger partial charge is 0.335 e. The fourth-order valence-corrected chi connectivity index (χ4v) is 3.50. The molecule has 0 N–H and O–H groups in total. The van der Waals surface area contributed by atoms with E-state index in [2.05, 4.69) is 19.9 Å². The van der Waals surface area contributed by atoms with E-state index in [0.29, 0.717) is 12.0 Å². The lowest BCUT2D eigenvalue weighted by Crippen LogP contribution is -2.27. The topological polar surface area (TPSA) is 39.4 Å². The van der Waals surface area contributed by atoms with Crippen molar-refractivity contribution in [3.05, 3.63) is 65.1 Å². The Morgan fingerprint density at radius 2 is 1.88 bits per heavy atom. The summed E-state index contributed by atoms with van der Waals surface area (Å²) in [5.74, 6) is 0.719. The molecule has 1 atom stereocenters. The Morgan fingerprint density at radius 3 is 2.54 bits per heavy atom. The number of benzene rings is 1. The number of carbonyl (C=O) groups is 1. The third-order valence-corrected chi connectivity index (χ3v) is 4.81. The molecule has 1 aromatic carbocycles. The molecule has 3 nitrogen and oxygen atoms in total. The summed E-state index contributed by atoms with van der Waals surface area (Å²) in [7, 11) is 0. The third-order valence-electron chi connectivity index (χ3n) is 4.81. The van der Waals surface area contributed by atoms with Crippen molar-refractivity contribution in [3.63, 3.8) is 0 Å². The van der Waals surface area contributed by atoms with Crippen LogP contribution in [0, 0.1) is 0 Å². The molecule has 2 heterocycles. The maximum Gasteiger partial charge on any atom is 0.335 e. The molecule has 0 bridgehead atoms. The van der Waals surface area contributed by atoms with Gasteiger partial charge in [-0.15, -0.1) is 0 Å². The van der Waals surface area contributed by atoms with E-state index in [0.717, 1.165) is 41.7 Å². The molecule has 0 saturated carbocycles. The summed E-state index contributed by atoms with van der Waals surface area (Å²) in [6.45, 7) is 6.06. The van der Waals surface area contributed by atoms with E-state index < -0.39 is 5.60 Å². The first-order valence-electron chi connectivity index (χ1n) is 8.70. The fourth-order valence-electron chi connectivity index (χ4n) is 3.50. The first-order valence-corrected chi connectivity index (χ1v) is 8.70. The highest BCUT2D eigenvalue weighted by Gasteiger charge is 2.47. The van der Waals surface area contributed by atoms with E-state index in [9.17, 15) is 4.79 Å². The molecule has 0 spiro atoms. The van der Waals surface area contributed by atoms with Crippen LogP contribution >= 0.6 is 0 Å². The molecule has 0 radical (unpaired) electrons. The maximum absolute atomic E-state index is 12.4. The Morgan fingerprint density at radius 1 is 1.12 bits per heavy atom. The van der Waals surface area contributed by atoms with Crippen molar-refractivity contribution in [1.82, 2.24) is 0 Å². The second kappa shape index (κ2) is 6.68. The quantitative estimate of drug-likeness (QED) is 0.681. The van der Waals surface area contributed by atoms with Crippen LogP contribution in [-0.4, -0.2) is 5.97 Å². The monoisotopic (exact) mass is 324 g/mol. The van der Waals surface area contributed by atoms with Gasteiger partial charge in [0.05, 0.1) is 6.26 Å². The molecule has 1 aliphatic heterocycles. The molecule has 0 saturated heterocycles. The van der Waals surface area contributed by atoms with Crippen LogP contribution in [0.1, 0.15) is 56.9 Å². The Balaban J connectivity index is 2.08. The summed E-state index contributed by atoms with van der Waals surface area (Å²) in [6, 6.07) is 12.0. The second-order valence-corrected chi connectivity index (χ2v) is 6.34. The van der Waals surface area contributed by atoms with Crippen molar-refractivity contribution in [3.8, 4) is 0 Å². The first-order chi connectivity index (χ1) is 11.6. The normalized spacial score (nSPS) is 20.5. The zero-order valence-corrected chi connectivity index (χ0v) is 14.6. The van der Waals surface area contributed by atoms with Crippen molar-refractivity contribution in [2.45, 2.75) is 52.1 Å². The molecule has 1 aliphatic rings. The number of carbonyl (C=O) groups excluding carboxylic acids is 1. The van der Waals surface area contributed by atoms with Crippen LogP contribution in [0.3, 0.4) is 0 Å². The minimum Gasteiger partial charge on any atom is -0.469 e. The van der Waals surface area contributed by atoms with Gasteiger partial charge in [-0.3, -0.25) is 0 Å². The van der Waals surface area contributed by atoms with Crippen LogP contribution in [0.4, 0.5) is 0 Å². The highest BCUT2D eigenvalue weighted by atomic mass is 16.6. The van der Waals surface area contributed by atoms with Crippen LogP contribution in [0.25, 0.3) is 5.57 Å². The Bertz CT molecular complexity index is 754. The van der Waals surface area contributed by atoms with Gasteiger partial charge in [0.25, 0.3) is 0 Å². The van der Waals surface area contributed by atoms with Crippen molar-refractivity contribution >= 4 is 11.5 Å². The van der Waals surface area contributed by atoms with Crippen molar-refractivity contribution < 1.29 is 13.9 Å². The molecule has 0 fully saturated rings. The number of furan rings is 1. The van der Waals surface area contributed by atoms with Gasteiger partial charge >= 0.3 is 5.97 Å². The summed E-state index contributed by atoms with van der Waals surface area (Å²) in [6.07, 6.45) is 5.59. The molecule has 0 amide bonds. The molecular weight excluding hydrogens is 300 g/mol. The fraction of sp³-hybridized carbons (Fsp3) is 0.381. The Kier molecular flexibility index (Phi) is 4.61. The zero-order chi connectivity index (χ0) is 17.2. The van der Waals surface area contributed by atoms with E-state index in [1.807, 2.05) is 37.3 Å². The van der Waals surface area contributed by atoms with Gasteiger partial charge in [0.1, 0.15) is 5.76 Å². The minimum absolute atomic E-state index is 0.244. The number of hydrogen-bond donors (Lipinski definition) is 0. The van der Waals surface area contributed by atoms with Gasteiger partial charge in [-0.2, -0.15) is 0 Å². The van der Waals surface area contributed by atoms with Crippen LogP contribution in [0.15, 0.2) is 52.7 Å². The van der Waals surface area contributed by atoms with Gasteiger partial charge in [-0.05, 0) is 25.8 Å². The molecule has 1 aromatic heterocycles. The SMILES string of the molecule is CCCCc1cc(C2=C(C)C(=O)OC2(CC)c2ccccc2)co1. The standard InChI is InChI=1S/C21H24O3/c1-4-6-12-18-13-16(14-23-18)19-15(3)20(22)24-21(19,5-2)17-10-8-7-9-11-17/h7-11,13-14H,4-6,12H2,1-3H3. The highest BCUT2D eigenvalue weighted by molar-refractivity contribution is 6.04. The molecular formula is C21H24O3. The van der Waals surface area contributed by atoms with Gasteiger partial charge in [0.15, 0.2) is 5.60 Å². The molecule has 3 heteroatoms. The van der Waals surface area contributed by atoms with Gasteiger partial charge in [-0.25, -0.2) is 4.79 Å². The van der Waals surface area contributed by atoms with E-state index in [1.54, 1.807) is 6.26 Å². The van der Waals surface area contributed by atoms with Gasteiger partial charge in [-0.1, -0.05) is 50.6 Å². The summed E-state index contributed by atoms with van der Waals surface area (Å²) in [4.78, 5) is 12.4. The van der Waals surface area contributed by atoms with Gasteiger partial charge in [0, 0.05) is 28.7 Å². The van der Waals surface area contributed by atoms with Crippen LogP contribution in [0.5, 0.6) is 0 Å². The lowest BCUT2D eigenvalue weighted by Gasteiger charge is -2.30. The number of cyclic esters (lactones) is 1. The van der Waals surface area contributed by atoms with Crippen LogP contribution in [-0.2, 0) is 21.6 Å². The average Bonchev–Trinajstić information content (AvgIpc) is 3.17. The first kappa shape index (κ1) is 16.6. The number of unbranched alkanes of at least 4 members (excludes halogenated alkanes) is 1. The van der Waals surface area contributed by atoms with Crippen LogP contribution in [0.2, 0.25) is 0 Å². The summed E-state index contributed by atoms with van der Waals surface area (Å²) < 4.78 is 11.6. The summed E-state index contributed by atoms with van der Waals surface area (Å²) in [5, 5.41) is 0. The Hall–Kier alpha value is -2.29. The summed E-state index contributed by atoms with van der Waals surface area (Å²) in [5.41, 5.74) is 2.84. The molecule has 126 valence electrons. The predicted molar refractivity (Wildman–Crippen MR) is 94.4 cm³/mol. The second-order valence-electron chi connectivity index (χ2n) is 6.34. The largest absolute Gasteiger partial charge is 0.469 e. The minimum atomic E-state index is -0.728. The molecule has 1 unspecified atom stereocenters. The van der Waals surface area contributed by atoms with E-state index in [1.165, 1.54) is 0 Å². The average molecular weight is 324 g/mol. The lowest BCUT2D eigenvalue weighted by molar-refractivity contribution is -0.147. The number of hydrogen-bond acceptors (Lipinski definition) is 3. The third kappa shape index (κ3) is 2.68. The molecule has 2 aromatic rings. The Labute approximate surface area is 143 Å². The molecule has 3 rings (SSSR count). The van der Waals surface area contributed by atoms with Gasteiger partial charge < -0.3 is 9.15 Å². The molecule has 0 aliphatic carbocycles.